The molecule has 7 heteroatoms. The Balaban J connectivity index is 1.25. The van der Waals surface area contributed by atoms with Crippen LogP contribution in [0.4, 0.5) is 0 Å². The van der Waals surface area contributed by atoms with Gasteiger partial charge in [-0.05, 0) is 37.1 Å². The molecule has 0 saturated carbocycles. The maximum atomic E-state index is 12.2. The van der Waals surface area contributed by atoms with Gasteiger partial charge in [-0.2, -0.15) is 0 Å². The van der Waals surface area contributed by atoms with Crippen molar-refractivity contribution in [3.05, 3.63) is 71.4 Å². The summed E-state index contributed by atoms with van der Waals surface area (Å²) in [5.41, 5.74) is 6.85. The minimum Gasteiger partial charge on any atom is -0.273 e. The first kappa shape index (κ1) is 18.1. The number of carbonyl (C=O) groups is 2. The third kappa shape index (κ3) is 4.15. The highest BCUT2D eigenvalue weighted by atomic mass is 32.1. The second-order valence-corrected chi connectivity index (χ2v) is 7.44. The third-order valence-corrected chi connectivity index (χ3v) is 5.38. The van der Waals surface area contributed by atoms with E-state index in [1.54, 1.807) is 17.4 Å². The van der Waals surface area contributed by atoms with Gasteiger partial charge in [0.1, 0.15) is 5.69 Å². The fraction of sp³-hybridized carbons (Fsp3) is 0.143. The number of hydrogen-bond donors (Lipinski definition) is 2. The van der Waals surface area contributed by atoms with Crippen molar-refractivity contribution in [2.75, 3.05) is 0 Å². The molecular weight excluding hydrogens is 372 g/mol. The second kappa shape index (κ2) is 8.14. The molecule has 4 rings (SSSR count). The number of aryl methyl sites for hydroxylation is 1. The van der Waals surface area contributed by atoms with Gasteiger partial charge in [0.05, 0.1) is 20.7 Å². The van der Waals surface area contributed by atoms with Crippen molar-refractivity contribution in [3.63, 3.8) is 0 Å². The molecular formula is C21H18N4O2S. The van der Waals surface area contributed by atoms with Gasteiger partial charge in [-0.25, -0.2) is 9.97 Å². The summed E-state index contributed by atoms with van der Waals surface area (Å²) in [5, 5.41) is 1.97. The zero-order chi connectivity index (χ0) is 19.3. The number of hydrogen-bond acceptors (Lipinski definition) is 5. The summed E-state index contributed by atoms with van der Waals surface area (Å²) in [5.74, 6) is -0.680. The van der Waals surface area contributed by atoms with Crippen molar-refractivity contribution in [3.8, 4) is 0 Å². The maximum Gasteiger partial charge on any atom is 0.288 e. The lowest BCUT2D eigenvalue weighted by molar-refractivity contribution is -0.121. The number of carbonyl (C=O) groups excluding carboxylic acids is 2. The fourth-order valence-corrected chi connectivity index (χ4v) is 3.88. The van der Waals surface area contributed by atoms with Crippen molar-refractivity contribution < 1.29 is 9.59 Å². The van der Waals surface area contributed by atoms with Crippen LogP contribution in [0.15, 0.2) is 60.7 Å². The predicted molar refractivity (Wildman–Crippen MR) is 110 cm³/mol. The summed E-state index contributed by atoms with van der Waals surface area (Å²) in [7, 11) is 0. The van der Waals surface area contributed by atoms with E-state index in [2.05, 4.69) is 20.8 Å². The SMILES string of the molecule is O=C(CCCc1nc2ccccc2s1)NNC(=O)c1ccc2ccccc2n1. The highest BCUT2D eigenvalue weighted by Crippen LogP contribution is 2.22. The molecule has 0 bridgehead atoms. The average molecular weight is 390 g/mol. The van der Waals surface area contributed by atoms with Gasteiger partial charge in [-0.3, -0.25) is 20.4 Å². The van der Waals surface area contributed by atoms with Gasteiger partial charge < -0.3 is 0 Å². The van der Waals surface area contributed by atoms with Gasteiger partial charge in [-0.15, -0.1) is 11.3 Å². The van der Waals surface area contributed by atoms with E-state index in [4.69, 9.17) is 0 Å². The predicted octanol–water partition coefficient (Wildman–Crippen LogP) is 3.63. The van der Waals surface area contributed by atoms with Gasteiger partial charge in [0.2, 0.25) is 5.91 Å². The van der Waals surface area contributed by atoms with E-state index < -0.39 is 5.91 Å². The number of thiazole rings is 1. The minimum atomic E-state index is -0.440. The van der Waals surface area contributed by atoms with Crippen molar-refractivity contribution in [2.24, 2.45) is 0 Å². The van der Waals surface area contributed by atoms with Crippen LogP contribution >= 0.6 is 11.3 Å². The molecule has 2 amide bonds. The number of aromatic nitrogens is 2. The zero-order valence-electron chi connectivity index (χ0n) is 15.0. The summed E-state index contributed by atoms with van der Waals surface area (Å²) in [6.45, 7) is 0. The van der Waals surface area contributed by atoms with Crippen LogP contribution in [0.1, 0.15) is 28.3 Å². The van der Waals surface area contributed by atoms with Crippen LogP contribution in [-0.2, 0) is 11.2 Å². The molecule has 0 fully saturated rings. The zero-order valence-corrected chi connectivity index (χ0v) is 15.8. The molecule has 0 aliphatic carbocycles. The fourth-order valence-electron chi connectivity index (χ4n) is 2.87. The number of hydrazine groups is 1. The Hall–Kier alpha value is -3.32. The Morgan fingerprint density at radius 3 is 2.50 bits per heavy atom. The van der Waals surface area contributed by atoms with Crippen molar-refractivity contribution in [1.82, 2.24) is 20.8 Å². The van der Waals surface area contributed by atoms with Crippen LogP contribution in [0.2, 0.25) is 0 Å². The van der Waals surface area contributed by atoms with Crippen molar-refractivity contribution in [2.45, 2.75) is 19.3 Å². The molecule has 0 saturated heterocycles. The van der Waals surface area contributed by atoms with Crippen molar-refractivity contribution >= 4 is 44.3 Å². The van der Waals surface area contributed by atoms with Crippen molar-refractivity contribution in [1.29, 1.82) is 0 Å². The van der Waals surface area contributed by atoms with E-state index in [-0.39, 0.29) is 11.6 Å². The highest BCUT2D eigenvalue weighted by Gasteiger charge is 2.10. The normalized spacial score (nSPS) is 10.9. The molecule has 0 aliphatic heterocycles. The Morgan fingerprint density at radius 1 is 0.857 bits per heavy atom. The number of nitrogens with one attached hydrogen (secondary N) is 2. The standard InChI is InChI=1S/C21H18N4O2S/c26-19(10-5-11-20-23-16-8-3-4-9-18(16)28-20)24-25-21(27)17-13-12-14-6-1-2-7-15(14)22-17/h1-4,6-9,12-13H,5,10-11H2,(H,24,26)(H,25,27). The number of nitrogens with zero attached hydrogens (tertiary/aromatic N) is 2. The number of pyridine rings is 1. The summed E-state index contributed by atoms with van der Waals surface area (Å²) in [4.78, 5) is 33.0. The molecule has 4 aromatic rings. The summed E-state index contributed by atoms with van der Waals surface area (Å²) >= 11 is 1.64. The molecule has 28 heavy (non-hydrogen) atoms. The smallest absolute Gasteiger partial charge is 0.273 e. The van der Waals surface area contributed by atoms with Crippen LogP contribution in [0.25, 0.3) is 21.1 Å². The van der Waals surface area contributed by atoms with Gasteiger partial charge >= 0.3 is 0 Å². The lowest BCUT2D eigenvalue weighted by Crippen LogP contribution is -2.41. The quantitative estimate of drug-likeness (QED) is 0.510. The Labute approximate surface area is 165 Å². The Morgan fingerprint density at radius 2 is 1.64 bits per heavy atom. The summed E-state index contributed by atoms with van der Waals surface area (Å²) in [6, 6.07) is 19.0. The van der Waals surface area contributed by atoms with Crippen LogP contribution in [0.3, 0.4) is 0 Å². The van der Waals surface area contributed by atoms with E-state index in [0.717, 1.165) is 32.5 Å². The lowest BCUT2D eigenvalue weighted by Gasteiger charge is -2.07. The molecule has 2 aromatic heterocycles. The van der Waals surface area contributed by atoms with E-state index in [1.165, 1.54) is 0 Å². The lowest BCUT2D eigenvalue weighted by atomic mass is 10.2. The summed E-state index contributed by atoms with van der Waals surface area (Å²) < 4.78 is 1.15. The van der Waals surface area contributed by atoms with E-state index in [0.29, 0.717) is 12.8 Å². The van der Waals surface area contributed by atoms with E-state index >= 15 is 0 Å². The molecule has 0 aliphatic rings. The first-order valence-electron chi connectivity index (χ1n) is 8.98. The monoisotopic (exact) mass is 390 g/mol. The van der Waals surface area contributed by atoms with Gasteiger partial charge in [-0.1, -0.05) is 36.4 Å². The molecule has 0 atom stereocenters. The topological polar surface area (TPSA) is 84.0 Å². The first-order valence-corrected chi connectivity index (χ1v) is 9.80. The van der Waals surface area contributed by atoms with E-state index in [9.17, 15) is 9.59 Å². The molecule has 140 valence electrons. The number of rotatable bonds is 5. The van der Waals surface area contributed by atoms with Gasteiger partial charge in [0, 0.05) is 11.8 Å². The van der Waals surface area contributed by atoms with Gasteiger partial charge in [0.25, 0.3) is 5.91 Å². The number of fused-ring (bicyclic) bond motifs is 2. The van der Waals surface area contributed by atoms with Crippen LogP contribution in [0, 0.1) is 0 Å². The largest absolute Gasteiger partial charge is 0.288 e. The maximum absolute atomic E-state index is 12.2. The number of amides is 2. The number of benzene rings is 2. The second-order valence-electron chi connectivity index (χ2n) is 6.32. The third-order valence-electron chi connectivity index (χ3n) is 4.28. The van der Waals surface area contributed by atoms with Crippen LogP contribution in [0.5, 0.6) is 0 Å². The Bertz CT molecular complexity index is 1120. The average Bonchev–Trinajstić information content (AvgIpc) is 3.14. The molecule has 2 aromatic carbocycles. The molecule has 2 N–H and O–H groups in total. The highest BCUT2D eigenvalue weighted by molar-refractivity contribution is 7.18. The molecule has 0 spiro atoms. The van der Waals surface area contributed by atoms with Crippen LogP contribution < -0.4 is 10.9 Å². The molecule has 0 radical (unpaired) electrons. The minimum absolute atomic E-state index is 0.241. The molecule has 2 heterocycles. The first-order chi connectivity index (χ1) is 13.7. The van der Waals surface area contributed by atoms with E-state index in [1.807, 2.05) is 54.6 Å². The molecule has 6 nitrogen and oxygen atoms in total. The van der Waals surface area contributed by atoms with Gasteiger partial charge in [0.15, 0.2) is 0 Å². The Kier molecular flexibility index (Phi) is 5.25. The molecule has 0 unspecified atom stereocenters. The van der Waals surface area contributed by atoms with Crippen LogP contribution in [-0.4, -0.2) is 21.8 Å². The summed E-state index contributed by atoms with van der Waals surface area (Å²) in [6.07, 6.45) is 1.70. The number of para-hydroxylation sites is 2.